The highest BCUT2D eigenvalue weighted by molar-refractivity contribution is 6.30. The molecular weight excluding hydrogens is 490 g/mol. The van der Waals surface area contributed by atoms with E-state index in [1.165, 1.54) is 0 Å². The van der Waals surface area contributed by atoms with Crippen LogP contribution in [0.25, 0.3) is 0 Å². The van der Waals surface area contributed by atoms with Crippen molar-refractivity contribution in [2.45, 2.75) is 25.3 Å². The van der Waals surface area contributed by atoms with Crippen molar-refractivity contribution in [1.82, 2.24) is 25.1 Å². The van der Waals surface area contributed by atoms with E-state index < -0.39 is 12.2 Å². The number of hydrazine groups is 1. The van der Waals surface area contributed by atoms with Crippen molar-refractivity contribution in [2.75, 3.05) is 20.1 Å². The maximum absolute atomic E-state index is 13.9. The summed E-state index contributed by atoms with van der Waals surface area (Å²) in [5, 5.41) is 6.73. The highest BCUT2D eigenvalue weighted by Gasteiger charge is 2.51. The monoisotopic (exact) mass is 517 g/mol. The fraction of sp³-hybridized carbons (Fsp3) is 0.250. The van der Waals surface area contributed by atoms with Gasteiger partial charge in [0.25, 0.3) is 5.91 Å². The first-order chi connectivity index (χ1) is 17.9. The number of benzene rings is 3. The van der Waals surface area contributed by atoms with Gasteiger partial charge in [-0.15, -0.1) is 0 Å². The molecule has 1 N–H and O–H groups in total. The smallest absolute Gasteiger partial charge is 0.333 e. The molecule has 0 saturated carbocycles. The normalized spacial score (nSPS) is 20.1. The van der Waals surface area contributed by atoms with Crippen LogP contribution in [0.5, 0.6) is 0 Å². The van der Waals surface area contributed by atoms with Gasteiger partial charge in [0.05, 0.1) is 13.1 Å². The van der Waals surface area contributed by atoms with Gasteiger partial charge in [0.2, 0.25) is 5.91 Å². The number of amides is 4. The number of hydrogen-bond acceptors (Lipinski definition) is 4. The van der Waals surface area contributed by atoms with Gasteiger partial charge < -0.3 is 15.1 Å². The Morgan fingerprint density at radius 2 is 1.62 bits per heavy atom. The standard InChI is InChI=1S/C28H28ClN5O3/c1-31-19-25(35)33-24(34(31)28(37)30-16-20-9-4-2-5-10-20)18-32(17-21-11-8-14-23(29)15-21)27(36)26(33)22-12-6-3-7-13-22/h2-15,24,26H,16-19H2,1H3,(H,30,37). The molecule has 2 saturated heterocycles. The Bertz CT molecular complexity index is 1290. The molecule has 0 bridgehead atoms. The minimum Gasteiger partial charge on any atom is -0.333 e. The van der Waals surface area contributed by atoms with Gasteiger partial charge in [-0.1, -0.05) is 84.4 Å². The molecule has 3 aromatic carbocycles. The lowest BCUT2D eigenvalue weighted by Crippen LogP contribution is -2.73. The molecule has 190 valence electrons. The molecule has 0 spiro atoms. The topological polar surface area (TPSA) is 76.2 Å². The maximum atomic E-state index is 13.9. The summed E-state index contributed by atoms with van der Waals surface area (Å²) in [6.45, 7) is 0.812. The zero-order chi connectivity index (χ0) is 25.9. The molecule has 0 aromatic heterocycles. The van der Waals surface area contributed by atoms with Crippen molar-refractivity contribution in [1.29, 1.82) is 0 Å². The van der Waals surface area contributed by atoms with Gasteiger partial charge in [-0.2, -0.15) is 0 Å². The minimum atomic E-state index is -0.843. The predicted octanol–water partition coefficient (Wildman–Crippen LogP) is 3.65. The zero-order valence-electron chi connectivity index (χ0n) is 20.5. The van der Waals surface area contributed by atoms with Crippen molar-refractivity contribution in [3.05, 3.63) is 107 Å². The molecule has 3 aromatic rings. The number of likely N-dealkylation sites (N-methyl/N-ethyl adjacent to an activating group) is 1. The Hall–Kier alpha value is -3.88. The van der Waals surface area contributed by atoms with Crippen molar-refractivity contribution in [3.8, 4) is 0 Å². The lowest BCUT2D eigenvalue weighted by Gasteiger charge is -2.54. The van der Waals surface area contributed by atoms with Gasteiger partial charge in [-0.05, 0) is 28.8 Å². The predicted molar refractivity (Wildman–Crippen MR) is 140 cm³/mol. The summed E-state index contributed by atoms with van der Waals surface area (Å²) in [6.07, 6.45) is -0.677. The van der Waals surface area contributed by atoms with E-state index in [1.54, 1.807) is 32.9 Å². The van der Waals surface area contributed by atoms with Crippen LogP contribution in [0.2, 0.25) is 5.02 Å². The molecule has 2 aliphatic heterocycles. The van der Waals surface area contributed by atoms with Crippen LogP contribution in [0, 0.1) is 0 Å². The molecule has 9 heteroatoms. The number of halogens is 1. The first kappa shape index (κ1) is 24.8. The fourth-order valence-electron chi connectivity index (χ4n) is 5.01. The van der Waals surface area contributed by atoms with Crippen LogP contribution in [-0.2, 0) is 22.7 Å². The molecule has 5 rings (SSSR count). The Morgan fingerprint density at radius 3 is 2.32 bits per heavy atom. The molecule has 2 aliphatic rings. The zero-order valence-corrected chi connectivity index (χ0v) is 21.2. The second kappa shape index (κ2) is 10.6. The van der Waals surface area contributed by atoms with Crippen LogP contribution in [0.3, 0.4) is 0 Å². The van der Waals surface area contributed by atoms with Gasteiger partial charge in [0, 0.05) is 25.2 Å². The Morgan fingerprint density at radius 1 is 0.946 bits per heavy atom. The first-order valence-electron chi connectivity index (χ1n) is 12.1. The second-order valence-electron chi connectivity index (χ2n) is 9.25. The number of carbonyl (C=O) groups excluding carboxylic acids is 3. The third-order valence-corrected chi connectivity index (χ3v) is 6.94. The minimum absolute atomic E-state index is 0.0137. The molecular formula is C28H28ClN5O3. The van der Waals surface area contributed by atoms with Crippen molar-refractivity contribution >= 4 is 29.4 Å². The molecule has 4 amide bonds. The molecule has 2 atom stereocenters. The van der Waals surface area contributed by atoms with Crippen LogP contribution < -0.4 is 5.32 Å². The molecule has 0 aliphatic carbocycles. The van der Waals surface area contributed by atoms with Crippen molar-refractivity contribution < 1.29 is 14.4 Å². The fourth-order valence-corrected chi connectivity index (χ4v) is 5.22. The van der Waals surface area contributed by atoms with Crippen LogP contribution in [-0.4, -0.2) is 64.0 Å². The largest absolute Gasteiger partial charge is 0.334 e. The molecule has 2 unspecified atom stereocenters. The Balaban J connectivity index is 1.48. The summed E-state index contributed by atoms with van der Waals surface area (Å²) in [7, 11) is 1.71. The van der Waals surface area contributed by atoms with Crippen molar-refractivity contribution in [2.24, 2.45) is 0 Å². The van der Waals surface area contributed by atoms with E-state index in [0.717, 1.165) is 11.1 Å². The maximum Gasteiger partial charge on any atom is 0.334 e. The Labute approximate surface area is 221 Å². The lowest BCUT2D eigenvalue weighted by molar-refractivity contribution is -0.188. The molecule has 8 nitrogen and oxygen atoms in total. The summed E-state index contributed by atoms with van der Waals surface area (Å²) in [4.78, 5) is 44.0. The third-order valence-electron chi connectivity index (χ3n) is 6.70. The number of piperazine rings is 1. The molecule has 2 fully saturated rings. The summed E-state index contributed by atoms with van der Waals surface area (Å²) in [5.41, 5.74) is 2.54. The van der Waals surface area contributed by atoms with Gasteiger partial charge in [0.15, 0.2) is 0 Å². The number of nitrogens with zero attached hydrogens (tertiary/aromatic N) is 4. The van der Waals surface area contributed by atoms with E-state index in [1.807, 2.05) is 78.9 Å². The molecule has 0 radical (unpaired) electrons. The van der Waals surface area contributed by atoms with E-state index in [9.17, 15) is 14.4 Å². The highest BCUT2D eigenvalue weighted by Crippen LogP contribution is 2.35. The molecule has 2 heterocycles. The van der Waals surface area contributed by atoms with E-state index in [2.05, 4.69) is 5.32 Å². The SMILES string of the molecule is CN1CC(=O)N2C(c3ccccc3)C(=O)N(Cc3cccc(Cl)c3)CC2N1C(=O)NCc1ccccc1. The number of hydrogen-bond donors (Lipinski definition) is 1. The number of carbonyl (C=O) groups is 3. The third kappa shape index (κ3) is 5.16. The summed E-state index contributed by atoms with van der Waals surface area (Å²) in [6, 6.07) is 25.0. The first-order valence-corrected chi connectivity index (χ1v) is 12.5. The number of fused-ring (bicyclic) bond motifs is 1. The highest BCUT2D eigenvalue weighted by atomic mass is 35.5. The number of nitrogens with one attached hydrogen (secondary N) is 1. The average Bonchev–Trinajstić information content (AvgIpc) is 2.89. The number of urea groups is 1. The van der Waals surface area contributed by atoms with Crippen LogP contribution in [0.1, 0.15) is 22.7 Å². The van der Waals surface area contributed by atoms with E-state index in [-0.39, 0.29) is 30.9 Å². The Kier molecular flexibility index (Phi) is 7.12. The lowest BCUT2D eigenvalue weighted by atomic mass is 9.98. The number of rotatable bonds is 5. The van der Waals surface area contributed by atoms with E-state index >= 15 is 0 Å². The van der Waals surface area contributed by atoms with Gasteiger partial charge in [-0.3, -0.25) is 9.59 Å². The van der Waals surface area contributed by atoms with E-state index in [0.29, 0.717) is 23.7 Å². The van der Waals surface area contributed by atoms with Gasteiger partial charge in [0.1, 0.15) is 12.2 Å². The van der Waals surface area contributed by atoms with Gasteiger partial charge in [-0.25, -0.2) is 14.8 Å². The summed E-state index contributed by atoms with van der Waals surface area (Å²) < 4.78 is 0. The average molecular weight is 518 g/mol. The van der Waals surface area contributed by atoms with E-state index in [4.69, 9.17) is 11.6 Å². The molecule has 37 heavy (non-hydrogen) atoms. The van der Waals surface area contributed by atoms with Crippen LogP contribution in [0.15, 0.2) is 84.9 Å². The second-order valence-corrected chi connectivity index (χ2v) is 9.68. The van der Waals surface area contributed by atoms with Crippen molar-refractivity contribution in [3.63, 3.8) is 0 Å². The van der Waals surface area contributed by atoms with Crippen LogP contribution in [0.4, 0.5) is 4.79 Å². The summed E-state index contributed by atoms with van der Waals surface area (Å²) >= 11 is 6.20. The quantitative estimate of drug-likeness (QED) is 0.560. The summed E-state index contributed by atoms with van der Waals surface area (Å²) in [5.74, 6) is -0.394. The van der Waals surface area contributed by atoms with Crippen LogP contribution >= 0.6 is 11.6 Å². The van der Waals surface area contributed by atoms with Gasteiger partial charge >= 0.3 is 6.03 Å².